The SMILES string of the molecule is CC(C)(C)OC(=O)NC(Cc1cn[nH]c1-c1ccc(O)cc1)C(=O)O. The molecule has 0 aliphatic rings. The minimum absolute atomic E-state index is 0.0291. The van der Waals surface area contributed by atoms with E-state index in [-0.39, 0.29) is 12.2 Å². The highest BCUT2D eigenvalue weighted by molar-refractivity contribution is 5.80. The summed E-state index contributed by atoms with van der Waals surface area (Å²) in [5, 5.41) is 27.9. The van der Waals surface area contributed by atoms with Crippen LogP contribution in [0.4, 0.5) is 4.79 Å². The van der Waals surface area contributed by atoms with E-state index < -0.39 is 23.7 Å². The number of alkyl carbamates (subject to hydrolysis) is 1. The summed E-state index contributed by atoms with van der Waals surface area (Å²) in [6, 6.07) is 5.25. The summed E-state index contributed by atoms with van der Waals surface area (Å²) >= 11 is 0. The van der Waals surface area contributed by atoms with E-state index in [9.17, 15) is 19.8 Å². The third kappa shape index (κ3) is 5.23. The van der Waals surface area contributed by atoms with Crippen LogP contribution in [0.1, 0.15) is 26.3 Å². The number of phenols is 1. The van der Waals surface area contributed by atoms with Crippen LogP contribution in [0.3, 0.4) is 0 Å². The number of nitrogens with one attached hydrogen (secondary N) is 2. The fourth-order valence-electron chi connectivity index (χ4n) is 2.21. The van der Waals surface area contributed by atoms with Gasteiger partial charge in [0.25, 0.3) is 0 Å². The van der Waals surface area contributed by atoms with Crippen molar-refractivity contribution in [2.45, 2.75) is 38.8 Å². The molecule has 8 nitrogen and oxygen atoms in total. The van der Waals surface area contributed by atoms with Gasteiger partial charge in [0.05, 0.1) is 11.9 Å². The van der Waals surface area contributed by atoms with Crippen LogP contribution >= 0.6 is 0 Å². The van der Waals surface area contributed by atoms with Crippen LogP contribution in [0.25, 0.3) is 11.3 Å². The Kier molecular flexibility index (Phi) is 5.31. The number of carboxylic acid groups (broad SMARTS) is 1. The second kappa shape index (κ2) is 7.25. The molecule has 0 aliphatic heterocycles. The molecule has 0 radical (unpaired) electrons. The Morgan fingerprint density at radius 2 is 1.92 bits per heavy atom. The van der Waals surface area contributed by atoms with Crippen LogP contribution in [-0.2, 0) is 16.0 Å². The summed E-state index contributed by atoms with van der Waals surface area (Å²) in [5.41, 5.74) is 1.26. The Hall–Kier alpha value is -3.03. The van der Waals surface area contributed by atoms with Crippen LogP contribution < -0.4 is 5.32 Å². The lowest BCUT2D eigenvalue weighted by molar-refractivity contribution is -0.139. The van der Waals surface area contributed by atoms with Gasteiger partial charge in [-0.3, -0.25) is 5.10 Å². The van der Waals surface area contributed by atoms with Crippen LogP contribution in [-0.4, -0.2) is 44.1 Å². The van der Waals surface area contributed by atoms with Gasteiger partial charge in [0, 0.05) is 17.5 Å². The number of carbonyl (C=O) groups excluding carboxylic acids is 1. The number of benzene rings is 1. The zero-order valence-corrected chi connectivity index (χ0v) is 14.2. The fourth-order valence-corrected chi connectivity index (χ4v) is 2.21. The number of carboxylic acids is 1. The average molecular weight is 347 g/mol. The van der Waals surface area contributed by atoms with Crippen molar-refractivity contribution in [1.29, 1.82) is 0 Å². The van der Waals surface area contributed by atoms with E-state index >= 15 is 0 Å². The Bertz CT molecular complexity index is 746. The van der Waals surface area contributed by atoms with E-state index in [1.807, 2.05) is 0 Å². The molecular formula is C17H21N3O5. The molecule has 0 aliphatic carbocycles. The summed E-state index contributed by atoms with van der Waals surface area (Å²) in [6.45, 7) is 5.09. The summed E-state index contributed by atoms with van der Waals surface area (Å²) in [7, 11) is 0. The monoisotopic (exact) mass is 347 g/mol. The van der Waals surface area contributed by atoms with Gasteiger partial charge in [0.1, 0.15) is 17.4 Å². The molecule has 1 amide bonds. The van der Waals surface area contributed by atoms with E-state index in [0.29, 0.717) is 11.3 Å². The van der Waals surface area contributed by atoms with Crippen molar-refractivity contribution in [1.82, 2.24) is 15.5 Å². The van der Waals surface area contributed by atoms with Gasteiger partial charge in [-0.2, -0.15) is 5.10 Å². The zero-order valence-electron chi connectivity index (χ0n) is 14.2. The molecule has 1 heterocycles. The molecule has 4 N–H and O–H groups in total. The predicted molar refractivity (Wildman–Crippen MR) is 90.2 cm³/mol. The molecule has 1 unspecified atom stereocenters. The van der Waals surface area contributed by atoms with E-state index in [1.54, 1.807) is 32.9 Å². The molecule has 0 fully saturated rings. The molecule has 1 atom stereocenters. The van der Waals surface area contributed by atoms with Gasteiger partial charge in [0.2, 0.25) is 0 Å². The molecule has 1 aromatic heterocycles. The summed E-state index contributed by atoms with van der Waals surface area (Å²) in [6.07, 6.45) is 0.741. The lowest BCUT2D eigenvalue weighted by Gasteiger charge is -2.22. The number of hydrogen-bond acceptors (Lipinski definition) is 5. The number of carbonyl (C=O) groups is 2. The Balaban J connectivity index is 2.16. The number of aliphatic carboxylic acids is 1. The smallest absolute Gasteiger partial charge is 0.408 e. The Morgan fingerprint density at radius 1 is 1.28 bits per heavy atom. The van der Waals surface area contributed by atoms with Gasteiger partial charge in [-0.05, 0) is 45.0 Å². The van der Waals surface area contributed by atoms with Gasteiger partial charge < -0.3 is 20.3 Å². The highest BCUT2D eigenvalue weighted by Gasteiger charge is 2.25. The van der Waals surface area contributed by atoms with Crippen LogP contribution in [0.5, 0.6) is 5.75 Å². The number of aromatic nitrogens is 2. The molecule has 8 heteroatoms. The summed E-state index contributed by atoms with van der Waals surface area (Å²) in [5.74, 6) is -1.05. The number of ether oxygens (including phenoxy) is 1. The maximum atomic E-state index is 11.8. The minimum Gasteiger partial charge on any atom is -0.508 e. The van der Waals surface area contributed by atoms with E-state index in [1.165, 1.54) is 18.3 Å². The molecule has 0 bridgehead atoms. The van der Waals surface area contributed by atoms with E-state index in [4.69, 9.17) is 4.74 Å². The first-order valence-electron chi connectivity index (χ1n) is 7.69. The molecule has 0 saturated heterocycles. The Labute approximate surface area is 144 Å². The first kappa shape index (κ1) is 18.3. The van der Waals surface area contributed by atoms with Crippen molar-refractivity contribution in [2.75, 3.05) is 0 Å². The lowest BCUT2D eigenvalue weighted by atomic mass is 10.0. The van der Waals surface area contributed by atoms with Crippen molar-refractivity contribution >= 4 is 12.1 Å². The van der Waals surface area contributed by atoms with Crippen LogP contribution in [0.15, 0.2) is 30.5 Å². The average Bonchev–Trinajstić information content (AvgIpc) is 2.93. The largest absolute Gasteiger partial charge is 0.508 e. The minimum atomic E-state index is -1.18. The number of phenolic OH excluding ortho intramolecular Hbond substituents is 1. The number of hydrogen-bond donors (Lipinski definition) is 4. The molecule has 2 rings (SSSR count). The first-order chi connectivity index (χ1) is 11.7. The topological polar surface area (TPSA) is 125 Å². The first-order valence-corrected chi connectivity index (χ1v) is 7.69. The number of amides is 1. The van der Waals surface area contributed by atoms with Crippen LogP contribution in [0, 0.1) is 0 Å². The normalized spacial score (nSPS) is 12.4. The second-order valence-electron chi connectivity index (χ2n) is 6.56. The van der Waals surface area contributed by atoms with Gasteiger partial charge in [-0.25, -0.2) is 9.59 Å². The van der Waals surface area contributed by atoms with Crippen molar-refractivity contribution in [2.24, 2.45) is 0 Å². The van der Waals surface area contributed by atoms with Crippen molar-refractivity contribution in [3.8, 4) is 17.0 Å². The molecule has 0 spiro atoms. The highest BCUT2D eigenvalue weighted by atomic mass is 16.6. The number of rotatable bonds is 5. The lowest BCUT2D eigenvalue weighted by Crippen LogP contribution is -2.44. The van der Waals surface area contributed by atoms with Gasteiger partial charge in [0.15, 0.2) is 0 Å². The summed E-state index contributed by atoms with van der Waals surface area (Å²) < 4.78 is 5.10. The third-order valence-corrected chi connectivity index (χ3v) is 3.29. The standard InChI is InChI=1S/C17H21N3O5/c1-17(2,3)25-16(24)19-13(15(22)23)8-11-9-18-20-14(11)10-4-6-12(21)7-5-10/h4-7,9,13,21H,8H2,1-3H3,(H,18,20)(H,19,24)(H,22,23). The van der Waals surface area contributed by atoms with E-state index in [2.05, 4.69) is 15.5 Å². The summed E-state index contributed by atoms with van der Waals surface area (Å²) in [4.78, 5) is 23.3. The number of H-pyrrole nitrogens is 1. The number of aromatic amines is 1. The molecule has 1 aromatic carbocycles. The third-order valence-electron chi connectivity index (χ3n) is 3.29. The quantitative estimate of drug-likeness (QED) is 0.658. The molecule has 134 valence electrons. The van der Waals surface area contributed by atoms with Gasteiger partial charge >= 0.3 is 12.1 Å². The number of aromatic hydroxyl groups is 1. The predicted octanol–water partition coefficient (Wildman–Crippen LogP) is 2.30. The molecule has 0 saturated carbocycles. The zero-order chi connectivity index (χ0) is 18.6. The van der Waals surface area contributed by atoms with Crippen molar-refractivity contribution in [3.05, 3.63) is 36.0 Å². The highest BCUT2D eigenvalue weighted by Crippen LogP contribution is 2.24. The molecular weight excluding hydrogens is 326 g/mol. The van der Waals surface area contributed by atoms with Gasteiger partial charge in [-0.15, -0.1) is 0 Å². The van der Waals surface area contributed by atoms with Crippen molar-refractivity contribution in [3.63, 3.8) is 0 Å². The maximum absolute atomic E-state index is 11.8. The maximum Gasteiger partial charge on any atom is 0.408 e. The molecule has 2 aromatic rings. The van der Waals surface area contributed by atoms with Crippen LogP contribution in [0.2, 0.25) is 0 Å². The number of nitrogens with zero attached hydrogens (tertiary/aromatic N) is 1. The second-order valence-corrected chi connectivity index (χ2v) is 6.56. The van der Waals surface area contributed by atoms with E-state index in [0.717, 1.165) is 5.56 Å². The fraction of sp³-hybridized carbons (Fsp3) is 0.353. The molecule has 25 heavy (non-hydrogen) atoms. The van der Waals surface area contributed by atoms with Crippen molar-refractivity contribution < 1.29 is 24.5 Å². The Morgan fingerprint density at radius 3 is 2.48 bits per heavy atom. The van der Waals surface area contributed by atoms with Gasteiger partial charge in [-0.1, -0.05) is 0 Å².